The van der Waals surface area contributed by atoms with E-state index in [1.165, 1.54) is 37.3 Å². The smallest absolute Gasteiger partial charge is 0.239 e. The van der Waals surface area contributed by atoms with E-state index in [0.29, 0.717) is 35.6 Å². The van der Waals surface area contributed by atoms with Crippen LogP contribution in [0.1, 0.15) is 25.7 Å². The first-order valence-corrected chi connectivity index (χ1v) is 12.1. The number of rotatable bonds is 7. The van der Waals surface area contributed by atoms with Crippen molar-refractivity contribution in [3.63, 3.8) is 0 Å². The number of hydrogen-bond acceptors (Lipinski definition) is 8. The summed E-state index contributed by atoms with van der Waals surface area (Å²) in [6.07, 6.45) is 8.35. The number of hydrogen-bond donors (Lipinski definition) is 1. The van der Waals surface area contributed by atoms with Gasteiger partial charge in [0.1, 0.15) is 22.2 Å². The lowest BCUT2D eigenvalue weighted by atomic mass is 10.2. The van der Waals surface area contributed by atoms with Gasteiger partial charge < -0.3 is 10.2 Å². The molecule has 0 aromatic carbocycles. The number of carbonyl (C=O) groups excluding carboxylic acids is 1. The van der Waals surface area contributed by atoms with Crippen molar-refractivity contribution in [2.75, 3.05) is 38.0 Å². The quantitative estimate of drug-likeness (QED) is 0.593. The summed E-state index contributed by atoms with van der Waals surface area (Å²) >= 11 is 1.50. The van der Waals surface area contributed by atoms with Crippen LogP contribution >= 0.6 is 11.3 Å². The summed E-state index contributed by atoms with van der Waals surface area (Å²) < 4.78 is 0. The monoisotopic (exact) mass is 449 g/mol. The summed E-state index contributed by atoms with van der Waals surface area (Å²) in [6, 6.07) is 7.85. The standard InChI is InChI=1S/C23H27N7OS/c31-21(16-30-12-5-6-17(30)15-29-10-3-4-11-29)27-20-14-19(23-25-9-13-32-23)26-22(28-20)18-7-1-2-8-24-18/h1-2,7-9,13-14,17H,3-6,10-12,15-16H2,(H,26,27,28,31)/t17-/m0/s1. The maximum absolute atomic E-state index is 12.9. The number of pyridine rings is 1. The molecular weight excluding hydrogens is 422 g/mol. The lowest BCUT2D eigenvalue weighted by Crippen LogP contribution is -2.42. The molecule has 5 rings (SSSR count). The van der Waals surface area contributed by atoms with Gasteiger partial charge in [0, 0.05) is 36.4 Å². The first kappa shape index (κ1) is 21.1. The van der Waals surface area contributed by atoms with Gasteiger partial charge in [-0.15, -0.1) is 11.3 Å². The molecule has 1 N–H and O–H groups in total. The highest BCUT2D eigenvalue weighted by Gasteiger charge is 2.29. The minimum atomic E-state index is -0.0471. The molecule has 2 fully saturated rings. The summed E-state index contributed by atoms with van der Waals surface area (Å²) in [4.78, 5) is 35.7. The minimum absolute atomic E-state index is 0.0471. The topological polar surface area (TPSA) is 87.1 Å². The van der Waals surface area contributed by atoms with Gasteiger partial charge in [-0.3, -0.25) is 14.7 Å². The Labute approximate surface area is 191 Å². The molecule has 8 nitrogen and oxygen atoms in total. The van der Waals surface area contributed by atoms with Crippen LogP contribution in [0.3, 0.4) is 0 Å². The van der Waals surface area contributed by atoms with E-state index in [1.807, 2.05) is 23.6 Å². The van der Waals surface area contributed by atoms with Crippen LogP contribution in [0.4, 0.5) is 5.82 Å². The Hall–Kier alpha value is -2.75. The molecule has 1 amide bonds. The van der Waals surface area contributed by atoms with Crippen molar-refractivity contribution in [1.29, 1.82) is 0 Å². The molecule has 0 radical (unpaired) electrons. The van der Waals surface area contributed by atoms with Crippen LogP contribution in [0.5, 0.6) is 0 Å². The van der Waals surface area contributed by atoms with Gasteiger partial charge in [-0.2, -0.15) is 0 Å². The van der Waals surface area contributed by atoms with E-state index in [2.05, 4.69) is 35.1 Å². The first-order valence-electron chi connectivity index (χ1n) is 11.2. The summed E-state index contributed by atoms with van der Waals surface area (Å²) in [5.74, 6) is 0.905. The zero-order valence-corrected chi connectivity index (χ0v) is 18.8. The summed E-state index contributed by atoms with van der Waals surface area (Å²) in [7, 11) is 0. The molecule has 0 aliphatic carbocycles. The molecule has 2 saturated heterocycles. The predicted molar refractivity (Wildman–Crippen MR) is 125 cm³/mol. The molecular formula is C23H27N7OS. The molecule has 0 unspecified atom stereocenters. The maximum Gasteiger partial charge on any atom is 0.239 e. The summed E-state index contributed by atoms with van der Waals surface area (Å²) in [5.41, 5.74) is 1.34. The van der Waals surface area contributed by atoms with Crippen LogP contribution in [0.15, 0.2) is 42.0 Å². The third-order valence-corrected chi connectivity index (χ3v) is 6.85. The molecule has 2 aliphatic heterocycles. The van der Waals surface area contributed by atoms with Crippen molar-refractivity contribution in [2.24, 2.45) is 0 Å². The highest BCUT2D eigenvalue weighted by Crippen LogP contribution is 2.25. The number of aromatic nitrogens is 4. The summed E-state index contributed by atoms with van der Waals surface area (Å²) in [5, 5.41) is 5.69. The average molecular weight is 450 g/mol. The number of carbonyl (C=O) groups is 1. The number of thiazole rings is 1. The zero-order chi connectivity index (χ0) is 21.8. The zero-order valence-electron chi connectivity index (χ0n) is 18.0. The molecule has 0 bridgehead atoms. The number of anilines is 1. The molecule has 0 spiro atoms. The van der Waals surface area contributed by atoms with Crippen LogP contribution in [0.2, 0.25) is 0 Å². The highest BCUT2D eigenvalue weighted by atomic mass is 32.1. The molecule has 5 heterocycles. The Kier molecular flexibility index (Phi) is 6.47. The molecule has 2 aliphatic rings. The van der Waals surface area contributed by atoms with Gasteiger partial charge >= 0.3 is 0 Å². The Bertz CT molecular complexity index is 1040. The van der Waals surface area contributed by atoms with E-state index in [-0.39, 0.29) is 5.91 Å². The lowest BCUT2D eigenvalue weighted by Gasteiger charge is -2.27. The van der Waals surface area contributed by atoms with E-state index in [1.54, 1.807) is 18.5 Å². The third-order valence-electron chi connectivity index (χ3n) is 6.05. The highest BCUT2D eigenvalue weighted by molar-refractivity contribution is 7.13. The Morgan fingerprint density at radius 1 is 1.06 bits per heavy atom. The molecule has 1 atom stereocenters. The second kappa shape index (κ2) is 9.81. The normalized spacial score (nSPS) is 19.4. The van der Waals surface area contributed by atoms with Crippen molar-refractivity contribution < 1.29 is 4.79 Å². The van der Waals surface area contributed by atoms with E-state index in [4.69, 9.17) is 0 Å². The van der Waals surface area contributed by atoms with Crippen LogP contribution in [0.25, 0.3) is 22.2 Å². The Morgan fingerprint density at radius 3 is 2.75 bits per heavy atom. The van der Waals surface area contributed by atoms with Crippen molar-refractivity contribution in [1.82, 2.24) is 29.7 Å². The fraction of sp³-hybridized carbons (Fsp3) is 0.435. The van der Waals surface area contributed by atoms with Crippen molar-refractivity contribution in [2.45, 2.75) is 31.7 Å². The first-order chi connectivity index (χ1) is 15.7. The third kappa shape index (κ3) is 5.01. The van der Waals surface area contributed by atoms with Crippen molar-refractivity contribution >= 4 is 23.1 Å². The van der Waals surface area contributed by atoms with Crippen LogP contribution in [-0.4, -0.2) is 74.4 Å². The lowest BCUT2D eigenvalue weighted by molar-refractivity contribution is -0.117. The Balaban J connectivity index is 1.31. The fourth-order valence-corrected chi connectivity index (χ4v) is 5.12. The van der Waals surface area contributed by atoms with Crippen LogP contribution < -0.4 is 5.32 Å². The van der Waals surface area contributed by atoms with Gasteiger partial charge in [-0.05, 0) is 57.5 Å². The molecule has 9 heteroatoms. The number of nitrogens with one attached hydrogen (secondary N) is 1. The molecule has 3 aromatic heterocycles. The average Bonchev–Trinajstić information content (AvgIpc) is 3.59. The van der Waals surface area contributed by atoms with Gasteiger partial charge in [-0.1, -0.05) is 6.07 Å². The fourth-order valence-electron chi connectivity index (χ4n) is 4.52. The van der Waals surface area contributed by atoms with Gasteiger partial charge in [0.2, 0.25) is 5.91 Å². The second-order valence-electron chi connectivity index (χ2n) is 8.34. The van der Waals surface area contributed by atoms with Gasteiger partial charge in [-0.25, -0.2) is 15.0 Å². The summed E-state index contributed by atoms with van der Waals surface area (Å²) in [6.45, 7) is 4.80. The second-order valence-corrected chi connectivity index (χ2v) is 9.23. The molecule has 3 aromatic rings. The largest absolute Gasteiger partial charge is 0.309 e. The van der Waals surface area contributed by atoms with Gasteiger partial charge in [0.05, 0.1) is 6.54 Å². The van der Waals surface area contributed by atoms with E-state index < -0.39 is 0 Å². The predicted octanol–water partition coefficient (Wildman–Crippen LogP) is 3.16. The van der Waals surface area contributed by atoms with E-state index in [9.17, 15) is 4.79 Å². The number of amides is 1. The number of likely N-dealkylation sites (tertiary alicyclic amines) is 2. The van der Waals surface area contributed by atoms with Crippen molar-refractivity contribution in [3.05, 3.63) is 42.0 Å². The van der Waals surface area contributed by atoms with Gasteiger partial charge in [0.15, 0.2) is 5.82 Å². The van der Waals surface area contributed by atoms with Crippen LogP contribution in [-0.2, 0) is 4.79 Å². The molecule has 166 valence electrons. The van der Waals surface area contributed by atoms with Crippen LogP contribution in [0, 0.1) is 0 Å². The number of nitrogens with zero attached hydrogens (tertiary/aromatic N) is 6. The maximum atomic E-state index is 12.9. The molecule has 0 saturated carbocycles. The SMILES string of the molecule is O=C(CN1CCC[C@H]1CN1CCCC1)Nc1cc(-c2nccs2)nc(-c2ccccn2)n1. The Morgan fingerprint density at radius 2 is 1.97 bits per heavy atom. The van der Waals surface area contributed by atoms with Crippen molar-refractivity contribution in [3.8, 4) is 22.2 Å². The minimum Gasteiger partial charge on any atom is -0.309 e. The molecule has 32 heavy (non-hydrogen) atoms. The van der Waals surface area contributed by atoms with Gasteiger partial charge in [0.25, 0.3) is 0 Å². The van der Waals surface area contributed by atoms with E-state index >= 15 is 0 Å². The van der Waals surface area contributed by atoms with E-state index in [0.717, 1.165) is 30.9 Å².